The van der Waals surface area contributed by atoms with Gasteiger partial charge in [0.2, 0.25) is 0 Å². The van der Waals surface area contributed by atoms with Gasteiger partial charge in [0.05, 0.1) is 11.9 Å². The zero-order chi connectivity index (χ0) is 15.4. The molecule has 0 radical (unpaired) electrons. The number of hydrogen-bond acceptors (Lipinski definition) is 4. The Hall–Kier alpha value is -2.67. The summed E-state index contributed by atoms with van der Waals surface area (Å²) in [6, 6.07) is 5.02. The Morgan fingerprint density at radius 1 is 1.41 bits per heavy atom. The molecule has 114 valence electrons. The molecule has 0 saturated heterocycles. The molecule has 2 atom stereocenters. The highest BCUT2D eigenvalue weighted by atomic mass is 16.3. The van der Waals surface area contributed by atoms with Crippen molar-refractivity contribution in [1.29, 1.82) is 0 Å². The number of hydrogen-bond donors (Lipinski definition) is 3. The number of pyridine rings is 1. The van der Waals surface area contributed by atoms with E-state index in [-0.39, 0.29) is 24.6 Å². The van der Waals surface area contributed by atoms with Gasteiger partial charge in [-0.15, -0.1) is 0 Å². The molecule has 2 heterocycles. The summed E-state index contributed by atoms with van der Waals surface area (Å²) in [4.78, 5) is 16.2. The van der Waals surface area contributed by atoms with Crippen molar-refractivity contribution in [2.45, 2.75) is 12.5 Å². The fraction of sp³-hybridized carbons (Fsp3) is 0.267. The second-order valence-electron chi connectivity index (χ2n) is 5.12. The van der Waals surface area contributed by atoms with Crippen molar-refractivity contribution in [2.24, 2.45) is 5.92 Å². The molecule has 22 heavy (non-hydrogen) atoms. The smallest absolute Gasteiger partial charge is 0.319 e. The third-order valence-corrected chi connectivity index (χ3v) is 3.47. The molecule has 2 aromatic heterocycles. The lowest BCUT2D eigenvalue weighted by Gasteiger charge is -2.13. The molecule has 7 nitrogen and oxygen atoms in total. The Kier molecular flexibility index (Phi) is 4.15. The quantitative estimate of drug-likeness (QED) is 0.743. The maximum absolute atomic E-state index is 11.9. The predicted molar refractivity (Wildman–Crippen MR) is 81.6 cm³/mol. The second kappa shape index (κ2) is 6.40. The number of rotatable bonds is 4. The van der Waals surface area contributed by atoms with Gasteiger partial charge in [-0.2, -0.15) is 5.10 Å². The number of aromatic nitrogens is 3. The molecule has 0 fully saturated rings. The zero-order valence-electron chi connectivity index (χ0n) is 11.9. The third kappa shape index (κ3) is 3.32. The van der Waals surface area contributed by atoms with Crippen molar-refractivity contribution in [3.8, 4) is 5.82 Å². The van der Waals surface area contributed by atoms with Crippen LogP contribution in [0.1, 0.15) is 6.42 Å². The molecular formula is C15H17N5O2. The van der Waals surface area contributed by atoms with E-state index in [4.69, 9.17) is 5.11 Å². The number of aliphatic hydroxyl groups excluding tert-OH is 1. The maximum Gasteiger partial charge on any atom is 0.319 e. The average Bonchev–Trinajstić information content (AvgIpc) is 3.19. The fourth-order valence-electron chi connectivity index (χ4n) is 2.35. The highest BCUT2D eigenvalue weighted by Crippen LogP contribution is 2.17. The van der Waals surface area contributed by atoms with Crippen molar-refractivity contribution in [3.05, 3.63) is 48.9 Å². The summed E-state index contributed by atoms with van der Waals surface area (Å²) in [6.45, 7) is 0.106. The number of amides is 2. The van der Waals surface area contributed by atoms with Crippen LogP contribution < -0.4 is 10.6 Å². The van der Waals surface area contributed by atoms with Crippen molar-refractivity contribution < 1.29 is 9.90 Å². The van der Waals surface area contributed by atoms with E-state index < -0.39 is 0 Å². The first kappa shape index (κ1) is 14.3. The van der Waals surface area contributed by atoms with E-state index >= 15 is 0 Å². The van der Waals surface area contributed by atoms with Crippen LogP contribution in [0.3, 0.4) is 0 Å². The van der Waals surface area contributed by atoms with Gasteiger partial charge in [-0.3, -0.25) is 0 Å². The molecule has 3 rings (SSSR count). The monoisotopic (exact) mass is 299 g/mol. The highest BCUT2D eigenvalue weighted by Gasteiger charge is 2.19. The first-order valence-electron chi connectivity index (χ1n) is 7.07. The summed E-state index contributed by atoms with van der Waals surface area (Å²) in [5, 5.41) is 18.7. The van der Waals surface area contributed by atoms with Gasteiger partial charge in [0.15, 0.2) is 5.82 Å². The summed E-state index contributed by atoms with van der Waals surface area (Å²) in [6.07, 6.45) is 9.60. The maximum atomic E-state index is 11.9. The van der Waals surface area contributed by atoms with Crippen LogP contribution in [-0.4, -0.2) is 38.6 Å². The van der Waals surface area contributed by atoms with Gasteiger partial charge >= 0.3 is 6.03 Å². The van der Waals surface area contributed by atoms with E-state index in [1.54, 1.807) is 35.4 Å². The third-order valence-electron chi connectivity index (χ3n) is 3.47. The van der Waals surface area contributed by atoms with Crippen LogP contribution in [0.15, 0.2) is 48.9 Å². The molecule has 0 bridgehead atoms. The molecule has 2 aromatic rings. The van der Waals surface area contributed by atoms with Gasteiger partial charge in [-0.05, 0) is 24.6 Å². The van der Waals surface area contributed by atoms with Crippen LogP contribution >= 0.6 is 0 Å². The number of nitrogens with one attached hydrogen (secondary N) is 2. The molecule has 7 heteroatoms. The molecule has 1 aliphatic carbocycles. The Bertz CT molecular complexity index is 651. The number of nitrogens with zero attached hydrogens (tertiary/aromatic N) is 3. The summed E-state index contributed by atoms with van der Waals surface area (Å²) in [5.74, 6) is 0.806. The predicted octanol–water partition coefficient (Wildman–Crippen LogP) is 1.33. The van der Waals surface area contributed by atoms with E-state index in [2.05, 4.69) is 20.7 Å². The van der Waals surface area contributed by atoms with Crippen LogP contribution in [-0.2, 0) is 0 Å². The fourth-order valence-corrected chi connectivity index (χ4v) is 2.35. The van der Waals surface area contributed by atoms with Gasteiger partial charge < -0.3 is 15.7 Å². The van der Waals surface area contributed by atoms with Crippen LogP contribution in [0.4, 0.5) is 10.5 Å². The van der Waals surface area contributed by atoms with Crippen molar-refractivity contribution in [2.75, 3.05) is 11.9 Å². The number of anilines is 1. The minimum atomic E-state index is -0.290. The Balaban J connectivity index is 1.55. The first-order chi connectivity index (χ1) is 10.7. The van der Waals surface area contributed by atoms with E-state index in [9.17, 15) is 4.79 Å². The molecule has 2 amide bonds. The Labute approximate surface area is 127 Å². The largest absolute Gasteiger partial charge is 0.396 e. The first-order valence-corrected chi connectivity index (χ1v) is 7.07. The van der Waals surface area contributed by atoms with E-state index in [1.807, 2.05) is 18.2 Å². The molecule has 0 aliphatic heterocycles. The SMILES string of the molecule is O=C(Nc1ccc(-n2cccn2)nc1)N[C@@H]1C=C[C@H](CO)C1. The number of urea groups is 1. The van der Waals surface area contributed by atoms with E-state index in [0.717, 1.165) is 6.42 Å². The normalized spacial score (nSPS) is 20.0. The van der Waals surface area contributed by atoms with Crippen LogP contribution in [0.5, 0.6) is 0 Å². The van der Waals surface area contributed by atoms with Crippen LogP contribution in [0, 0.1) is 5.92 Å². The topological polar surface area (TPSA) is 92.1 Å². The van der Waals surface area contributed by atoms with Gasteiger partial charge in [-0.25, -0.2) is 14.5 Å². The lowest BCUT2D eigenvalue weighted by Crippen LogP contribution is -2.36. The molecule has 0 unspecified atom stereocenters. The van der Waals surface area contributed by atoms with E-state index in [0.29, 0.717) is 11.5 Å². The summed E-state index contributed by atoms with van der Waals surface area (Å²) >= 11 is 0. The van der Waals surface area contributed by atoms with E-state index in [1.165, 1.54) is 0 Å². The van der Waals surface area contributed by atoms with Crippen molar-refractivity contribution >= 4 is 11.7 Å². The number of carbonyl (C=O) groups is 1. The Morgan fingerprint density at radius 2 is 2.32 bits per heavy atom. The van der Waals surface area contributed by atoms with Gasteiger partial charge in [0.1, 0.15) is 0 Å². The minimum Gasteiger partial charge on any atom is -0.396 e. The second-order valence-corrected chi connectivity index (χ2v) is 5.12. The van der Waals surface area contributed by atoms with Gasteiger partial charge in [0.25, 0.3) is 0 Å². The molecule has 3 N–H and O–H groups in total. The molecule has 0 aromatic carbocycles. The van der Waals surface area contributed by atoms with Crippen molar-refractivity contribution in [3.63, 3.8) is 0 Å². The minimum absolute atomic E-state index is 0.0477. The standard InChI is InChI=1S/C15H17N5O2/c21-10-11-2-3-12(8-11)18-15(22)19-13-4-5-14(16-9-13)20-7-1-6-17-20/h1-7,9,11-12,21H,8,10H2,(H2,18,19,22)/t11-,12+/m0/s1. The average molecular weight is 299 g/mol. The number of carbonyl (C=O) groups excluding carboxylic acids is 1. The summed E-state index contributed by atoms with van der Waals surface area (Å²) in [7, 11) is 0. The lowest BCUT2D eigenvalue weighted by atomic mass is 10.1. The van der Waals surface area contributed by atoms with Crippen LogP contribution in [0.2, 0.25) is 0 Å². The van der Waals surface area contributed by atoms with Gasteiger partial charge in [0, 0.05) is 31.0 Å². The highest BCUT2D eigenvalue weighted by molar-refractivity contribution is 5.89. The Morgan fingerprint density at radius 3 is 2.95 bits per heavy atom. The molecule has 1 aliphatic rings. The molecule has 0 saturated carbocycles. The summed E-state index contributed by atoms with van der Waals surface area (Å²) < 4.78 is 1.64. The van der Waals surface area contributed by atoms with Crippen molar-refractivity contribution in [1.82, 2.24) is 20.1 Å². The number of aliphatic hydroxyl groups is 1. The summed E-state index contributed by atoms with van der Waals surface area (Å²) in [5.41, 5.74) is 0.606. The molecular weight excluding hydrogens is 282 g/mol. The van der Waals surface area contributed by atoms with Crippen LogP contribution in [0.25, 0.3) is 5.82 Å². The molecule has 0 spiro atoms. The van der Waals surface area contributed by atoms with Gasteiger partial charge in [-0.1, -0.05) is 12.2 Å². The lowest BCUT2D eigenvalue weighted by molar-refractivity contribution is 0.238. The zero-order valence-corrected chi connectivity index (χ0v) is 11.9.